The van der Waals surface area contributed by atoms with E-state index in [4.69, 9.17) is 9.83 Å². The molecule has 1 atom stereocenters. The minimum atomic E-state index is -0.693. The third kappa shape index (κ3) is 8.96. The summed E-state index contributed by atoms with van der Waals surface area (Å²) in [5.41, 5.74) is 3.50. The van der Waals surface area contributed by atoms with E-state index < -0.39 is 6.10 Å². The van der Waals surface area contributed by atoms with Crippen LogP contribution < -0.4 is 10.6 Å². The van der Waals surface area contributed by atoms with E-state index in [0.717, 1.165) is 32.4 Å². The fraction of sp³-hybridized carbons (Fsp3) is 0.594. The van der Waals surface area contributed by atoms with Crippen LogP contribution in [0.3, 0.4) is 0 Å². The number of nitrogens with one attached hydrogen (secondary N) is 2. The maximum Gasteiger partial charge on any atom is 0.271 e. The van der Waals surface area contributed by atoms with Crippen molar-refractivity contribution in [1.29, 1.82) is 0 Å². The monoisotopic (exact) mass is 591 g/mol. The van der Waals surface area contributed by atoms with Crippen LogP contribution in [0.1, 0.15) is 49.7 Å². The molecule has 5 rings (SSSR count). The first-order valence-electron chi connectivity index (χ1n) is 15.6. The molecule has 0 unspecified atom stereocenters. The van der Waals surface area contributed by atoms with Crippen molar-refractivity contribution < 1.29 is 19.5 Å². The van der Waals surface area contributed by atoms with Gasteiger partial charge in [-0.05, 0) is 68.7 Å². The molecule has 2 aliphatic heterocycles. The van der Waals surface area contributed by atoms with E-state index in [9.17, 15) is 14.7 Å². The summed E-state index contributed by atoms with van der Waals surface area (Å²) < 4.78 is 0. The summed E-state index contributed by atoms with van der Waals surface area (Å²) in [5.74, 6) is 0.797. The summed E-state index contributed by atoms with van der Waals surface area (Å²) in [5, 5.41) is 20.6. The van der Waals surface area contributed by atoms with Gasteiger partial charge in [0.1, 0.15) is 23.9 Å². The number of amides is 2. The average molecular weight is 592 g/mol. The van der Waals surface area contributed by atoms with Gasteiger partial charge in [0, 0.05) is 58.3 Å². The van der Waals surface area contributed by atoms with Crippen molar-refractivity contribution in [2.45, 2.75) is 63.6 Å². The largest absolute Gasteiger partial charge is 0.395 e. The van der Waals surface area contributed by atoms with Gasteiger partial charge in [0.25, 0.3) is 11.8 Å². The number of aliphatic imine (C=N–C) groups is 2. The van der Waals surface area contributed by atoms with Gasteiger partial charge >= 0.3 is 0 Å². The number of hydrogen-bond donors (Lipinski definition) is 3. The lowest BCUT2D eigenvalue weighted by Gasteiger charge is -2.30. The number of hydrogen-bond acceptors (Lipinski definition) is 8. The molecular weight excluding hydrogens is 546 g/mol. The number of benzene rings is 1. The second-order valence-electron chi connectivity index (χ2n) is 12.1. The number of oxime groups is 1. The van der Waals surface area contributed by atoms with Gasteiger partial charge in [0.15, 0.2) is 0 Å². The highest BCUT2D eigenvalue weighted by Gasteiger charge is 2.37. The maximum atomic E-state index is 13.2. The van der Waals surface area contributed by atoms with Crippen LogP contribution in [0.15, 0.2) is 51.2 Å². The van der Waals surface area contributed by atoms with E-state index in [0.29, 0.717) is 56.5 Å². The molecule has 11 nitrogen and oxygen atoms in total. The van der Waals surface area contributed by atoms with Gasteiger partial charge in [-0.15, -0.1) is 0 Å². The Morgan fingerprint density at radius 2 is 1.86 bits per heavy atom. The van der Waals surface area contributed by atoms with E-state index in [1.165, 1.54) is 24.0 Å². The molecule has 0 radical (unpaired) electrons. The van der Waals surface area contributed by atoms with E-state index in [1.54, 1.807) is 13.1 Å². The molecule has 43 heavy (non-hydrogen) atoms. The quantitative estimate of drug-likeness (QED) is 0.139. The fourth-order valence-electron chi connectivity index (χ4n) is 5.57. The second kappa shape index (κ2) is 14.7. The zero-order valence-corrected chi connectivity index (χ0v) is 25.2. The molecule has 2 saturated carbocycles. The topological polar surface area (TPSA) is 131 Å². The third-order valence-corrected chi connectivity index (χ3v) is 8.55. The molecule has 11 heteroatoms. The average Bonchev–Trinajstić information content (AvgIpc) is 3.96. The number of aliphatic hydroxyl groups excluding tert-OH is 1. The van der Waals surface area contributed by atoms with Crippen molar-refractivity contribution in [3.63, 3.8) is 0 Å². The van der Waals surface area contributed by atoms with Crippen LogP contribution in [0.2, 0.25) is 0 Å². The zero-order chi connectivity index (χ0) is 30.2. The van der Waals surface area contributed by atoms with Crippen LogP contribution >= 0.6 is 0 Å². The smallest absolute Gasteiger partial charge is 0.271 e. The molecule has 2 heterocycles. The summed E-state index contributed by atoms with van der Waals surface area (Å²) in [7, 11) is 1.66. The first kappa shape index (κ1) is 30.9. The van der Waals surface area contributed by atoms with Crippen LogP contribution in [0.25, 0.3) is 0 Å². The van der Waals surface area contributed by atoms with Crippen LogP contribution in [0, 0.1) is 11.8 Å². The van der Waals surface area contributed by atoms with Gasteiger partial charge in [0.05, 0.1) is 12.1 Å². The lowest BCUT2D eigenvalue weighted by Crippen LogP contribution is -2.44. The van der Waals surface area contributed by atoms with Gasteiger partial charge in [-0.2, -0.15) is 0 Å². The molecule has 3 N–H and O–H groups in total. The number of nitrogens with zero attached hydrogens (tertiary/aromatic N) is 5. The lowest BCUT2D eigenvalue weighted by atomic mass is 10.00. The van der Waals surface area contributed by atoms with Gasteiger partial charge in [-0.1, -0.05) is 29.4 Å². The number of carbonyl (C=O) groups excluding carboxylic acids is 2. The van der Waals surface area contributed by atoms with Gasteiger partial charge in [-0.25, -0.2) is 4.99 Å². The first-order valence-corrected chi connectivity index (χ1v) is 15.6. The molecule has 232 valence electrons. The highest BCUT2D eigenvalue weighted by atomic mass is 16.6. The molecule has 1 aromatic carbocycles. The summed E-state index contributed by atoms with van der Waals surface area (Å²) in [6, 6.07) is 8.34. The zero-order valence-electron chi connectivity index (χ0n) is 25.2. The number of rotatable bonds is 13. The predicted molar refractivity (Wildman–Crippen MR) is 167 cm³/mol. The number of amidine groups is 1. The van der Waals surface area contributed by atoms with E-state index in [-0.39, 0.29) is 36.0 Å². The summed E-state index contributed by atoms with van der Waals surface area (Å²) in [6.45, 7) is 7.70. The van der Waals surface area contributed by atoms with Crippen molar-refractivity contribution >= 4 is 30.1 Å². The molecule has 2 amide bonds. The Morgan fingerprint density at radius 1 is 1.12 bits per heavy atom. The summed E-state index contributed by atoms with van der Waals surface area (Å²) >= 11 is 0. The number of aliphatic hydroxyl groups is 1. The Bertz CT molecular complexity index is 1250. The Labute approximate surface area is 254 Å². The van der Waals surface area contributed by atoms with Crippen LogP contribution in [-0.2, 0) is 27.4 Å². The standard InChI is InChI=1S/C32H45N7O4/c1-33-28(31(41)35-18-27(40)20-38-14-11-23-5-3-4-6-25(23)19-38)17-29(34-2)36-26-12-15-39(16-13-26)32(42)30(24-9-10-24)37-43-21-22-7-8-22/h3-6,17,22,24,26-27,33,40H,2,7-16,18-21H2,1H3,(H,35,41)/b28-17?,36-29?,37-30-/t27-/m0/s1. The van der Waals surface area contributed by atoms with Crippen LogP contribution in [-0.4, -0.2) is 104 Å². The third-order valence-electron chi connectivity index (χ3n) is 8.55. The van der Waals surface area contributed by atoms with Crippen molar-refractivity contribution in [3.8, 4) is 0 Å². The van der Waals surface area contributed by atoms with Crippen molar-refractivity contribution in [2.24, 2.45) is 27.0 Å². The van der Waals surface area contributed by atoms with Crippen LogP contribution in [0.5, 0.6) is 0 Å². The Morgan fingerprint density at radius 3 is 2.53 bits per heavy atom. The first-order chi connectivity index (χ1) is 20.9. The minimum absolute atomic E-state index is 0.0240. The maximum absolute atomic E-state index is 13.2. The van der Waals surface area contributed by atoms with Crippen molar-refractivity contribution in [2.75, 3.05) is 46.4 Å². The fourth-order valence-corrected chi connectivity index (χ4v) is 5.57. The number of piperidine rings is 1. The summed E-state index contributed by atoms with van der Waals surface area (Å²) in [4.78, 5) is 44.4. The predicted octanol–water partition coefficient (Wildman–Crippen LogP) is 1.91. The lowest BCUT2D eigenvalue weighted by molar-refractivity contribution is -0.125. The number of β-amino-alcohol motifs (C(OH)–C–C–N with tert-alkyl or cyclic N) is 1. The van der Waals surface area contributed by atoms with E-state index in [2.05, 4.69) is 50.6 Å². The van der Waals surface area contributed by atoms with E-state index in [1.807, 2.05) is 11.0 Å². The van der Waals surface area contributed by atoms with Gasteiger partial charge in [0.2, 0.25) is 0 Å². The molecule has 1 aromatic rings. The highest BCUT2D eigenvalue weighted by molar-refractivity contribution is 6.40. The normalized spacial score (nSPS) is 21.2. The minimum Gasteiger partial charge on any atom is -0.395 e. The number of carbonyl (C=O) groups is 2. The molecule has 4 aliphatic rings. The summed E-state index contributed by atoms with van der Waals surface area (Å²) in [6.07, 6.45) is 7.57. The molecule has 1 saturated heterocycles. The van der Waals surface area contributed by atoms with Gasteiger partial charge < -0.3 is 25.5 Å². The molecule has 0 bridgehead atoms. The number of fused-ring (bicyclic) bond motifs is 1. The Hall–Kier alpha value is -3.57. The Balaban J connectivity index is 1.08. The molecule has 2 aliphatic carbocycles. The molecule has 0 spiro atoms. The molecule has 3 fully saturated rings. The molecule has 0 aromatic heterocycles. The highest BCUT2D eigenvalue weighted by Crippen LogP contribution is 2.33. The van der Waals surface area contributed by atoms with Crippen molar-refractivity contribution in [3.05, 3.63) is 47.2 Å². The second-order valence-corrected chi connectivity index (χ2v) is 12.1. The molecular formula is C32H45N7O4. The Kier molecular flexibility index (Phi) is 10.6. The van der Waals surface area contributed by atoms with Crippen LogP contribution in [0.4, 0.5) is 0 Å². The number of likely N-dealkylation sites (N-methyl/N-ethyl adjacent to an activating group) is 1. The van der Waals surface area contributed by atoms with Crippen molar-refractivity contribution in [1.82, 2.24) is 20.4 Å². The van der Waals surface area contributed by atoms with E-state index >= 15 is 0 Å². The SMILES string of the molecule is C=NC(C=C(NC)C(=O)NC[C@H](O)CN1CCc2ccccc2C1)=NC1CCN(C(=O)/C(=N\OCC2CC2)C2CC2)CC1. The van der Waals surface area contributed by atoms with Gasteiger partial charge in [-0.3, -0.25) is 19.5 Å². The number of likely N-dealkylation sites (tertiary alicyclic amines) is 1.